The van der Waals surface area contributed by atoms with Gasteiger partial charge in [0.05, 0.1) is 6.10 Å². The Morgan fingerprint density at radius 1 is 1.19 bits per heavy atom. The molecule has 0 spiro atoms. The van der Waals surface area contributed by atoms with Crippen molar-refractivity contribution in [2.75, 3.05) is 32.8 Å². The van der Waals surface area contributed by atoms with E-state index in [9.17, 15) is 9.59 Å². The van der Waals surface area contributed by atoms with Crippen LogP contribution in [0, 0.1) is 0 Å². The van der Waals surface area contributed by atoms with Crippen molar-refractivity contribution >= 4 is 35.8 Å². The van der Waals surface area contributed by atoms with Crippen LogP contribution in [0.15, 0.2) is 24.3 Å². The Bertz CT molecular complexity index is 576. The van der Waals surface area contributed by atoms with E-state index in [1.165, 1.54) is 0 Å². The second-order valence-electron chi connectivity index (χ2n) is 6.46. The van der Waals surface area contributed by atoms with E-state index in [4.69, 9.17) is 22.1 Å². The molecule has 1 aliphatic heterocycles. The molecule has 0 saturated carbocycles. The van der Waals surface area contributed by atoms with Crippen LogP contribution in [-0.2, 0) is 9.53 Å². The van der Waals surface area contributed by atoms with Gasteiger partial charge in [0.25, 0.3) is 5.91 Å². The molecule has 0 radical (unpaired) electrons. The maximum atomic E-state index is 12.3. The SMILES string of the molecule is Cl.NCCCOC1CCN(C(=O)CCCNC(=O)c2ccc(Cl)cc2)CC1. The van der Waals surface area contributed by atoms with Crippen molar-refractivity contribution in [3.63, 3.8) is 0 Å². The molecule has 8 heteroatoms. The molecule has 0 bridgehead atoms. The summed E-state index contributed by atoms with van der Waals surface area (Å²) in [5, 5.41) is 3.43. The monoisotopic (exact) mass is 417 g/mol. The number of hydrogen-bond acceptors (Lipinski definition) is 4. The molecule has 0 aromatic heterocycles. The zero-order chi connectivity index (χ0) is 18.8. The number of nitrogens with two attached hydrogens (primary N) is 1. The van der Waals surface area contributed by atoms with Gasteiger partial charge in [-0.05, 0) is 56.5 Å². The van der Waals surface area contributed by atoms with Crippen LogP contribution in [0.1, 0.15) is 42.5 Å². The molecule has 1 aromatic rings. The molecule has 1 fully saturated rings. The number of amides is 2. The van der Waals surface area contributed by atoms with E-state index in [1.807, 2.05) is 4.90 Å². The fraction of sp³-hybridized carbons (Fsp3) is 0.579. The summed E-state index contributed by atoms with van der Waals surface area (Å²) in [6, 6.07) is 6.73. The number of halogens is 2. The van der Waals surface area contributed by atoms with E-state index in [-0.39, 0.29) is 30.3 Å². The van der Waals surface area contributed by atoms with Gasteiger partial charge in [-0.25, -0.2) is 0 Å². The number of nitrogens with one attached hydrogen (secondary N) is 1. The third-order valence-electron chi connectivity index (χ3n) is 4.46. The van der Waals surface area contributed by atoms with Gasteiger partial charge in [0, 0.05) is 43.2 Å². The van der Waals surface area contributed by atoms with Crippen molar-refractivity contribution in [2.45, 2.75) is 38.2 Å². The first kappa shape index (κ1) is 23.7. The van der Waals surface area contributed by atoms with Crippen molar-refractivity contribution in [3.8, 4) is 0 Å². The van der Waals surface area contributed by atoms with Crippen molar-refractivity contribution in [2.24, 2.45) is 5.73 Å². The maximum absolute atomic E-state index is 12.3. The summed E-state index contributed by atoms with van der Waals surface area (Å²) in [6.07, 6.45) is 3.95. The van der Waals surface area contributed by atoms with Crippen LogP contribution in [0.5, 0.6) is 0 Å². The average molecular weight is 418 g/mol. The van der Waals surface area contributed by atoms with Gasteiger partial charge < -0.3 is 20.7 Å². The van der Waals surface area contributed by atoms with Crippen LogP contribution in [-0.4, -0.2) is 55.6 Å². The van der Waals surface area contributed by atoms with E-state index in [0.29, 0.717) is 43.1 Å². The predicted octanol–water partition coefficient (Wildman–Crippen LogP) is 2.63. The Morgan fingerprint density at radius 3 is 2.48 bits per heavy atom. The van der Waals surface area contributed by atoms with Gasteiger partial charge in [-0.15, -0.1) is 12.4 Å². The summed E-state index contributed by atoms with van der Waals surface area (Å²) in [7, 11) is 0. The summed E-state index contributed by atoms with van der Waals surface area (Å²) in [5.41, 5.74) is 6.02. The molecule has 152 valence electrons. The lowest BCUT2D eigenvalue weighted by Crippen LogP contribution is -2.41. The van der Waals surface area contributed by atoms with Crippen LogP contribution in [0.25, 0.3) is 0 Å². The number of piperidine rings is 1. The average Bonchev–Trinajstić information content (AvgIpc) is 2.66. The number of hydrogen-bond donors (Lipinski definition) is 2. The smallest absolute Gasteiger partial charge is 0.251 e. The van der Waals surface area contributed by atoms with Gasteiger partial charge in [-0.3, -0.25) is 9.59 Å². The van der Waals surface area contributed by atoms with E-state index < -0.39 is 0 Å². The van der Waals surface area contributed by atoms with E-state index >= 15 is 0 Å². The first-order valence-electron chi connectivity index (χ1n) is 9.23. The molecule has 1 aliphatic rings. The van der Waals surface area contributed by atoms with Gasteiger partial charge >= 0.3 is 0 Å². The van der Waals surface area contributed by atoms with Crippen LogP contribution in [0.3, 0.4) is 0 Å². The van der Waals surface area contributed by atoms with Gasteiger partial charge in [-0.1, -0.05) is 11.6 Å². The summed E-state index contributed by atoms with van der Waals surface area (Å²) in [4.78, 5) is 26.1. The minimum absolute atomic E-state index is 0. The molecule has 1 heterocycles. The van der Waals surface area contributed by atoms with E-state index in [2.05, 4.69) is 5.32 Å². The third kappa shape index (κ3) is 8.47. The zero-order valence-corrected chi connectivity index (χ0v) is 17.1. The number of carbonyl (C=O) groups excluding carboxylic acids is 2. The molecular formula is C19H29Cl2N3O3. The summed E-state index contributed by atoms with van der Waals surface area (Å²) >= 11 is 5.81. The molecule has 27 heavy (non-hydrogen) atoms. The molecule has 6 nitrogen and oxygen atoms in total. The Hall–Kier alpha value is -1.34. The number of likely N-dealkylation sites (tertiary alicyclic amines) is 1. The number of ether oxygens (including phenoxy) is 1. The first-order valence-corrected chi connectivity index (χ1v) is 9.61. The Labute approximate surface area is 172 Å². The summed E-state index contributed by atoms with van der Waals surface area (Å²) in [5.74, 6) is -0.00397. The lowest BCUT2D eigenvalue weighted by molar-refractivity contribution is -0.133. The van der Waals surface area contributed by atoms with Crippen molar-refractivity contribution in [1.29, 1.82) is 0 Å². The Balaban J connectivity index is 0.00000364. The quantitative estimate of drug-likeness (QED) is 0.604. The normalized spacial score (nSPS) is 14.5. The van der Waals surface area contributed by atoms with Gasteiger partial charge in [0.1, 0.15) is 0 Å². The largest absolute Gasteiger partial charge is 0.378 e. The molecule has 0 atom stereocenters. The second-order valence-corrected chi connectivity index (χ2v) is 6.90. The number of carbonyl (C=O) groups is 2. The van der Waals surface area contributed by atoms with Gasteiger partial charge in [-0.2, -0.15) is 0 Å². The van der Waals surface area contributed by atoms with Gasteiger partial charge in [0.2, 0.25) is 5.91 Å². The lowest BCUT2D eigenvalue weighted by Gasteiger charge is -2.32. The topological polar surface area (TPSA) is 84.7 Å². The fourth-order valence-corrected chi connectivity index (χ4v) is 3.03. The van der Waals surface area contributed by atoms with Crippen LogP contribution in [0.2, 0.25) is 5.02 Å². The third-order valence-corrected chi connectivity index (χ3v) is 4.71. The van der Waals surface area contributed by atoms with Gasteiger partial charge in [0.15, 0.2) is 0 Å². The second kappa shape index (κ2) is 12.9. The standard InChI is InChI=1S/C19H28ClN3O3.ClH/c20-16-6-4-15(5-7-16)19(25)22-11-1-3-18(24)23-12-8-17(9-13-23)26-14-2-10-21;/h4-7,17H,1-3,8-14,21H2,(H,22,25);1H. The molecule has 0 aliphatic carbocycles. The van der Waals surface area contributed by atoms with Crippen molar-refractivity contribution in [1.82, 2.24) is 10.2 Å². The molecule has 0 unspecified atom stereocenters. The van der Waals surface area contributed by atoms with Crippen molar-refractivity contribution < 1.29 is 14.3 Å². The van der Waals surface area contributed by atoms with E-state index in [0.717, 1.165) is 32.4 Å². The molecule has 3 N–H and O–H groups in total. The molecule has 1 saturated heterocycles. The predicted molar refractivity (Wildman–Crippen MR) is 109 cm³/mol. The van der Waals surface area contributed by atoms with Crippen LogP contribution < -0.4 is 11.1 Å². The Morgan fingerprint density at radius 2 is 1.85 bits per heavy atom. The van der Waals surface area contributed by atoms with Crippen LogP contribution >= 0.6 is 24.0 Å². The van der Waals surface area contributed by atoms with Crippen molar-refractivity contribution in [3.05, 3.63) is 34.9 Å². The lowest BCUT2D eigenvalue weighted by atomic mass is 10.1. The highest BCUT2D eigenvalue weighted by atomic mass is 35.5. The van der Waals surface area contributed by atoms with Crippen LogP contribution in [0.4, 0.5) is 0 Å². The highest BCUT2D eigenvalue weighted by molar-refractivity contribution is 6.30. The molecular weight excluding hydrogens is 389 g/mol. The fourth-order valence-electron chi connectivity index (χ4n) is 2.91. The highest BCUT2D eigenvalue weighted by Crippen LogP contribution is 2.15. The molecule has 2 rings (SSSR count). The summed E-state index contributed by atoms with van der Waals surface area (Å²) in [6.45, 7) is 3.30. The summed E-state index contributed by atoms with van der Waals surface area (Å²) < 4.78 is 5.75. The number of benzene rings is 1. The first-order chi connectivity index (χ1) is 12.6. The molecule has 2 amide bonds. The maximum Gasteiger partial charge on any atom is 0.251 e. The zero-order valence-electron chi connectivity index (χ0n) is 15.5. The molecule has 1 aromatic carbocycles. The Kier molecular flexibility index (Phi) is 11.4. The highest BCUT2D eigenvalue weighted by Gasteiger charge is 2.22. The minimum atomic E-state index is -0.149. The number of rotatable bonds is 9. The van der Waals surface area contributed by atoms with E-state index in [1.54, 1.807) is 24.3 Å². The minimum Gasteiger partial charge on any atom is -0.378 e. The number of nitrogens with zero attached hydrogens (tertiary/aromatic N) is 1.